The number of methoxy groups -OCH3 is 1. The maximum Gasteiger partial charge on any atom is 0.255 e. The number of fused-ring (bicyclic) bond motifs is 1. The number of nitrogens with one attached hydrogen (secondary N) is 2. The number of anilines is 2. The predicted molar refractivity (Wildman–Crippen MR) is 143 cm³/mol. The normalized spacial score (nSPS) is 17.9. The Morgan fingerprint density at radius 1 is 1.09 bits per heavy atom. The van der Waals surface area contributed by atoms with Crippen molar-refractivity contribution in [3.05, 3.63) is 65.4 Å². The fourth-order valence-electron chi connectivity index (χ4n) is 4.08. The predicted octanol–water partition coefficient (Wildman–Crippen LogP) is 5.44. The zero-order valence-electron chi connectivity index (χ0n) is 20.8. The van der Waals surface area contributed by atoms with Crippen molar-refractivity contribution in [3.8, 4) is 5.75 Å². The number of thioether (sulfide) groups is 1. The van der Waals surface area contributed by atoms with Crippen LogP contribution in [0.15, 0.2) is 64.8 Å². The van der Waals surface area contributed by atoms with Crippen LogP contribution in [-0.4, -0.2) is 41.3 Å². The molecule has 0 radical (unpaired) electrons. The molecule has 35 heavy (non-hydrogen) atoms. The molecule has 2 heterocycles. The molecule has 1 fully saturated rings. The largest absolute Gasteiger partial charge is 0.497 e. The number of hydrogen-bond donors (Lipinski definition) is 2. The van der Waals surface area contributed by atoms with Gasteiger partial charge in [0, 0.05) is 29.1 Å². The summed E-state index contributed by atoms with van der Waals surface area (Å²) in [5.41, 5.74) is 3.12. The first-order valence-corrected chi connectivity index (χ1v) is 12.7. The van der Waals surface area contributed by atoms with Crippen LogP contribution in [0, 0.1) is 5.41 Å². The van der Waals surface area contributed by atoms with Crippen molar-refractivity contribution >= 4 is 40.1 Å². The third-order valence-electron chi connectivity index (χ3n) is 5.99. The van der Waals surface area contributed by atoms with Crippen LogP contribution in [0.1, 0.15) is 45.7 Å². The molecular formula is C27H32N4O3S. The number of aliphatic imine (C=N–C) groups is 1. The van der Waals surface area contributed by atoms with E-state index in [-0.39, 0.29) is 17.9 Å². The lowest BCUT2D eigenvalue weighted by atomic mass is 9.92. The molecule has 1 atom stereocenters. The molecule has 1 unspecified atom stereocenters. The second-order valence-corrected chi connectivity index (χ2v) is 10.8. The van der Waals surface area contributed by atoms with E-state index in [1.165, 1.54) is 0 Å². The molecular weight excluding hydrogens is 460 g/mol. The topological polar surface area (TPSA) is 83.0 Å². The highest BCUT2D eigenvalue weighted by molar-refractivity contribution is 8.13. The first kappa shape index (κ1) is 24.9. The molecule has 2 aromatic carbocycles. The Hall–Kier alpha value is -3.26. The van der Waals surface area contributed by atoms with Gasteiger partial charge in [0.15, 0.2) is 5.17 Å². The van der Waals surface area contributed by atoms with E-state index in [0.29, 0.717) is 22.6 Å². The summed E-state index contributed by atoms with van der Waals surface area (Å²) in [5, 5.41) is 6.98. The lowest BCUT2D eigenvalue weighted by Gasteiger charge is -2.41. The van der Waals surface area contributed by atoms with Gasteiger partial charge < -0.3 is 20.3 Å². The van der Waals surface area contributed by atoms with Gasteiger partial charge in [0.1, 0.15) is 5.75 Å². The summed E-state index contributed by atoms with van der Waals surface area (Å²) >= 11 is 1.72. The molecule has 4 rings (SSSR count). The van der Waals surface area contributed by atoms with Gasteiger partial charge in [0.25, 0.3) is 5.91 Å². The molecule has 1 saturated heterocycles. The molecule has 0 bridgehead atoms. The van der Waals surface area contributed by atoms with E-state index in [1.807, 2.05) is 76.2 Å². The molecule has 2 aliphatic rings. The minimum Gasteiger partial charge on any atom is -0.497 e. The number of hydrogen-bond acceptors (Lipinski definition) is 6. The number of carbonyl (C=O) groups is 2. The van der Waals surface area contributed by atoms with Gasteiger partial charge in [-0.2, -0.15) is 0 Å². The van der Waals surface area contributed by atoms with E-state index in [4.69, 9.17) is 9.73 Å². The standard InChI is InChI=1S/C27H32N4O3S/c1-17-22(24(32)29-19-10-12-21(34-5)13-11-19)23(31-14-7-15-35-26(31)28-17)18-8-6-9-20(16-18)30-25(33)27(2,3)4/h6,8-13,16,23H,7,14-15H2,1-5H3,(H,29,32)(H,30,33). The Kier molecular flexibility index (Phi) is 7.21. The molecule has 2 N–H and O–H groups in total. The van der Waals surface area contributed by atoms with Crippen LogP contribution in [0.5, 0.6) is 5.75 Å². The summed E-state index contributed by atoms with van der Waals surface area (Å²) < 4.78 is 5.22. The van der Waals surface area contributed by atoms with Crippen LogP contribution in [-0.2, 0) is 9.59 Å². The smallest absolute Gasteiger partial charge is 0.255 e. The summed E-state index contributed by atoms with van der Waals surface area (Å²) in [6, 6.07) is 14.7. The van der Waals surface area contributed by atoms with Crippen LogP contribution in [0.25, 0.3) is 0 Å². The molecule has 0 aliphatic carbocycles. The number of rotatable bonds is 5. The molecule has 2 aliphatic heterocycles. The van der Waals surface area contributed by atoms with Gasteiger partial charge in [-0.15, -0.1) is 0 Å². The third-order valence-corrected chi connectivity index (χ3v) is 7.07. The number of nitrogens with zero attached hydrogens (tertiary/aromatic N) is 2. The second kappa shape index (κ2) is 10.2. The van der Waals surface area contributed by atoms with Crippen LogP contribution in [0.4, 0.5) is 11.4 Å². The quantitative estimate of drug-likeness (QED) is 0.581. The number of amides is 2. The number of benzene rings is 2. The van der Waals surface area contributed by atoms with Crippen molar-refractivity contribution in [1.29, 1.82) is 0 Å². The van der Waals surface area contributed by atoms with Gasteiger partial charge in [0.05, 0.1) is 24.4 Å². The molecule has 8 heteroatoms. The van der Waals surface area contributed by atoms with Gasteiger partial charge in [-0.25, -0.2) is 4.99 Å². The van der Waals surface area contributed by atoms with Crippen molar-refractivity contribution in [2.45, 2.75) is 40.2 Å². The summed E-state index contributed by atoms with van der Waals surface area (Å²) in [6.45, 7) is 8.35. The van der Waals surface area contributed by atoms with Gasteiger partial charge in [0.2, 0.25) is 5.91 Å². The summed E-state index contributed by atoms with van der Waals surface area (Å²) in [5.74, 6) is 1.48. The van der Waals surface area contributed by atoms with E-state index in [9.17, 15) is 9.59 Å². The van der Waals surface area contributed by atoms with Gasteiger partial charge in [-0.1, -0.05) is 44.7 Å². The lowest BCUT2D eigenvalue weighted by Crippen LogP contribution is -2.43. The number of carbonyl (C=O) groups excluding carboxylic acids is 2. The molecule has 2 aromatic rings. The maximum atomic E-state index is 13.6. The Morgan fingerprint density at radius 2 is 1.83 bits per heavy atom. The summed E-state index contributed by atoms with van der Waals surface area (Å²) in [7, 11) is 1.61. The third kappa shape index (κ3) is 5.53. The lowest BCUT2D eigenvalue weighted by molar-refractivity contribution is -0.123. The van der Waals surface area contributed by atoms with Crippen molar-refractivity contribution in [3.63, 3.8) is 0 Å². The second-order valence-electron chi connectivity index (χ2n) is 9.70. The highest BCUT2D eigenvalue weighted by Crippen LogP contribution is 2.40. The monoisotopic (exact) mass is 492 g/mol. The molecule has 0 aromatic heterocycles. The minimum absolute atomic E-state index is 0.0572. The molecule has 7 nitrogen and oxygen atoms in total. The van der Waals surface area contributed by atoms with Crippen molar-refractivity contribution < 1.29 is 14.3 Å². The maximum absolute atomic E-state index is 13.6. The van der Waals surface area contributed by atoms with Gasteiger partial charge >= 0.3 is 0 Å². The zero-order valence-corrected chi connectivity index (χ0v) is 21.7. The first-order valence-electron chi connectivity index (χ1n) is 11.7. The van der Waals surface area contributed by atoms with Crippen LogP contribution in [0.3, 0.4) is 0 Å². The molecule has 0 saturated carbocycles. The zero-order chi connectivity index (χ0) is 25.2. The SMILES string of the molecule is COc1ccc(NC(=O)C2=C(C)N=C3SCCCN3C2c2cccc(NC(=O)C(C)(C)C)c2)cc1. The van der Waals surface area contributed by atoms with E-state index < -0.39 is 5.41 Å². The van der Waals surface area contributed by atoms with E-state index >= 15 is 0 Å². The van der Waals surface area contributed by atoms with Gasteiger partial charge in [-0.3, -0.25) is 9.59 Å². The Morgan fingerprint density at radius 3 is 2.51 bits per heavy atom. The highest BCUT2D eigenvalue weighted by atomic mass is 32.2. The van der Waals surface area contributed by atoms with Crippen LogP contribution >= 0.6 is 11.8 Å². The first-order chi connectivity index (χ1) is 16.7. The minimum atomic E-state index is -0.510. The Bertz CT molecular complexity index is 1180. The average molecular weight is 493 g/mol. The average Bonchev–Trinajstić information content (AvgIpc) is 2.83. The van der Waals surface area contributed by atoms with Crippen molar-refractivity contribution in [2.75, 3.05) is 30.0 Å². The number of ether oxygens (including phenoxy) is 1. The van der Waals surface area contributed by atoms with E-state index in [2.05, 4.69) is 15.5 Å². The summed E-state index contributed by atoms with van der Waals surface area (Å²) in [4.78, 5) is 33.2. The fraction of sp³-hybridized carbons (Fsp3) is 0.370. The van der Waals surface area contributed by atoms with Crippen LogP contribution < -0.4 is 15.4 Å². The molecule has 0 spiro atoms. The number of amidine groups is 1. The van der Waals surface area contributed by atoms with Gasteiger partial charge in [-0.05, 0) is 55.3 Å². The van der Waals surface area contributed by atoms with E-state index in [0.717, 1.165) is 35.2 Å². The highest BCUT2D eigenvalue weighted by Gasteiger charge is 2.37. The van der Waals surface area contributed by atoms with E-state index in [1.54, 1.807) is 18.9 Å². The summed E-state index contributed by atoms with van der Waals surface area (Å²) in [6.07, 6.45) is 1.01. The Balaban J connectivity index is 1.70. The van der Waals surface area contributed by atoms with Crippen molar-refractivity contribution in [2.24, 2.45) is 10.4 Å². The molecule has 184 valence electrons. The Labute approximate surface area is 211 Å². The molecule has 2 amide bonds. The van der Waals surface area contributed by atoms with Crippen LogP contribution in [0.2, 0.25) is 0 Å². The number of allylic oxidation sites excluding steroid dienone is 1. The van der Waals surface area contributed by atoms with Crippen molar-refractivity contribution in [1.82, 2.24) is 4.90 Å². The fourth-order valence-corrected chi connectivity index (χ4v) is 5.10.